The first-order valence-electron chi connectivity index (χ1n) is 9.33. The van der Waals surface area contributed by atoms with E-state index in [4.69, 9.17) is 9.72 Å². The molecule has 0 fully saturated rings. The van der Waals surface area contributed by atoms with Crippen LogP contribution < -0.4 is 4.90 Å². The van der Waals surface area contributed by atoms with Crippen LogP contribution in [0.25, 0.3) is 10.2 Å². The Labute approximate surface area is 186 Å². The van der Waals surface area contributed by atoms with Gasteiger partial charge in [-0.3, -0.25) is 9.69 Å². The van der Waals surface area contributed by atoms with Gasteiger partial charge in [-0.05, 0) is 69.4 Å². The van der Waals surface area contributed by atoms with Gasteiger partial charge in [0, 0.05) is 18.7 Å². The third kappa shape index (κ3) is 5.16. The van der Waals surface area contributed by atoms with Crippen LogP contribution in [0.2, 0.25) is 0 Å². The molecule has 6 nitrogen and oxygen atoms in total. The number of fused-ring (bicyclic) bond motifs is 1. The van der Waals surface area contributed by atoms with Gasteiger partial charge in [0.15, 0.2) is 5.13 Å². The Balaban J connectivity index is 0.00000320. The van der Waals surface area contributed by atoms with Gasteiger partial charge in [0.05, 0.1) is 22.9 Å². The molecule has 0 atom stereocenters. The molecule has 0 saturated heterocycles. The van der Waals surface area contributed by atoms with Crippen LogP contribution in [0, 0.1) is 13.8 Å². The normalized spacial score (nSPS) is 10.7. The number of thiazole rings is 1. The smallest absolute Gasteiger partial charge is 0.337 e. The minimum Gasteiger partial charge on any atom is -0.465 e. The predicted molar refractivity (Wildman–Crippen MR) is 124 cm³/mol. The van der Waals surface area contributed by atoms with Crippen LogP contribution >= 0.6 is 23.7 Å². The summed E-state index contributed by atoms with van der Waals surface area (Å²) >= 11 is 1.53. The molecule has 3 rings (SSSR count). The molecule has 3 aromatic rings. The van der Waals surface area contributed by atoms with Gasteiger partial charge in [0.2, 0.25) is 0 Å². The monoisotopic (exact) mass is 447 g/mol. The van der Waals surface area contributed by atoms with Gasteiger partial charge in [0.1, 0.15) is 0 Å². The highest BCUT2D eigenvalue weighted by Gasteiger charge is 2.22. The molecule has 0 N–H and O–H groups in total. The van der Waals surface area contributed by atoms with Crippen LogP contribution in [0.15, 0.2) is 36.4 Å². The lowest BCUT2D eigenvalue weighted by molar-refractivity contribution is 0.0600. The summed E-state index contributed by atoms with van der Waals surface area (Å²) < 4.78 is 5.82. The summed E-state index contributed by atoms with van der Waals surface area (Å²) in [7, 11) is 5.28. The Morgan fingerprint density at radius 2 is 1.67 bits per heavy atom. The number of benzene rings is 2. The molecule has 0 aliphatic heterocycles. The van der Waals surface area contributed by atoms with E-state index in [1.165, 1.54) is 18.4 Å². The molecule has 0 radical (unpaired) electrons. The summed E-state index contributed by atoms with van der Waals surface area (Å²) in [5.74, 6) is -0.567. The average Bonchev–Trinajstić information content (AvgIpc) is 3.11. The molecule has 160 valence electrons. The topological polar surface area (TPSA) is 62.7 Å². The quantitative estimate of drug-likeness (QED) is 0.526. The number of amides is 1. The van der Waals surface area contributed by atoms with Crippen LogP contribution in [-0.2, 0) is 4.74 Å². The second-order valence-corrected chi connectivity index (χ2v) is 8.23. The molecular formula is C22H26ClN3O3S. The van der Waals surface area contributed by atoms with Crippen LogP contribution in [0.1, 0.15) is 31.8 Å². The van der Waals surface area contributed by atoms with E-state index in [-0.39, 0.29) is 18.3 Å². The van der Waals surface area contributed by atoms with E-state index < -0.39 is 5.97 Å². The molecule has 0 aliphatic rings. The maximum Gasteiger partial charge on any atom is 0.337 e. The number of halogens is 1. The van der Waals surface area contributed by atoms with Gasteiger partial charge in [-0.1, -0.05) is 17.4 Å². The predicted octanol–water partition coefficient (Wildman–Crippen LogP) is 4.33. The van der Waals surface area contributed by atoms with Gasteiger partial charge in [-0.15, -0.1) is 12.4 Å². The molecule has 0 spiro atoms. The minimum absolute atomic E-state index is 0. The van der Waals surface area contributed by atoms with E-state index in [2.05, 4.69) is 13.0 Å². The van der Waals surface area contributed by atoms with Crippen LogP contribution in [-0.4, -0.2) is 56.1 Å². The second-order valence-electron chi connectivity index (χ2n) is 7.26. The van der Waals surface area contributed by atoms with E-state index in [0.717, 1.165) is 21.3 Å². The molecule has 2 aromatic carbocycles. The van der Waals surface area contributed by atoms with Gasteiger partial charge in [0.25, 0.3) is 5.91 Å². The number of esters is 1. The fourth-order valence-corrected chi connectivity index (χ4v) is 4.13. The summed E-state index contributed by atoms with van der Waals surface area (Å²) in [4.78, 5) is 33.4. The fourth-order valence-electron chi connectivity index (χ4n) is 3.09. The maximum absolute atomic E-state index is 13.3. The highest BCUT2D eigenvalue weighted by atomic mass is 35.5. The number of likely N-dealkylation sites (N-methyl/N-ethyl adjacent to an activating group) is 1. The molecule has 0 saturated carbocycles. The molecule has 1 heterocycles. The number of nitrogens with zero attached hydrogens (tertiary/aromatic N) is 3. The lowest BCUT2D eigenvalue weighted by Crippen LogP contribution is -2.36. The number of anilines is 1. The van der Waals surface area contributed by atoms with Crippen molar-refractivity contribution in [1.29, 1.82) is 0 Å². The van der Waals surface area contributed by atoms with Gasteiger partial charge in [-0.25, -0.2) is 9.78 Å². The number of ether oxygens (including phenoxy) is 1. The number of carbonyl (C=O) groups is 2. The zero-order valence-corrected chi connectivity index (χ0v) is 19.4. The third-order valence-electron chi connectivity index (χ3n) is 4.61. The number of rotatable bonds is 6. The molecular weight excluding hydrogens is 422 g/mol. The summed E-state index contributed by atoms with van der Waals surface area (Å²) in [5.41, 5.74) is 4.13. The van der Waals surface area contributed by atoms with Crippen molar-refractivity contribution < 1.29 is 14.3 Å². The molecule has 0 unspecified atom stereocenters. The summed E-state index contributed by atoms with van der Waals surface area (Å²) in [6.07, 6.45) is 0. The maximum atomic E-state index is 13.3. The van der Waals surface area contributed by atoms with E-state index in [0.29, 0.717) is 29.3 Å². The molecule has 8 heteroatoms. The van der Waals surface area contributed by atoms with Gasteiger partial charge >= 0.3 is 5.97 Å². The standard InChI is InChI=1S/C22H25N3O3S.ClH/c1-14-12-15(2)19-18(13-14)23-22(29-19)25(11-10-24(3)4)20(26)16-6-8-17(9-7-16)21(27)28-5;/h6-9,12-13H,10-11H2,1-5H3;1H. The van der Waals surface area contributed by atoms with E-state index in [9.17, 15) is 9.59 Å². The van der Waals surface area contributed by atoms with Crippen molar-refractivity contribution in [3.05, 3.63) is 58.7 Å². The SMILES string of the molecule is COC(=O)c1ccc(C(=O)N(CCN(C)C)c2nc3cc(C)cc(C)c3s2)cc1.Cl. The van der Waals surface area contributed by atoms with Crippen LogP contribution in [0.5, 0.6) is 0 Å². The van der Waals surface area contributed by atoms with E-state index in [1.54, 1.807) is 29.2 Å². The molecule has 0 aliphatic carbocycles. The lowest BCUT2D eigenvalue weighted by Gasteiger charge is -2.22. The Kier molecular flexibility index (Phi) is 7.95. The average molecular weight is 448 g/mol. The number of hydrogen-bond acceptors (Lipinski definition) is 6. The van der Waals surface area contributed by atoms with Crippen LogP contribution in [0.3, 0.4) is 0 Å². The molecule has 0 bridgehead atoms. The summed E-state index contributed by atoms with van der Waals surface area (Å²) in [6, 6.07) is 10.7. The van der Waals surface area contributed by atoms with Gasteiger partial charge in [-0.2, -0.15) is 0 Å². The fraction of sp³-hybridized carbons (Fsp3) is 0.318. The Hall–Kier alpha value is -2.48. The van der Waals surface area contributed by atoms with Crippen molar-refractivity contribution in [1.82, 2.24) is 9.88 Å². The van der Waals surface area contributed by atoms with Crippen molar-refractivity contribution >= 4 is 51.0 Å². The number of aromatic nitrogens is 1. The van der Waals surface area contributed by atoms with E-state index >= 15 is 0 Å². The number of methoxy groups -OCH3 is 1. The first-order valence-corrected chi connectivity index (χ1v) is 10.1. The molecule has 30 heavy (non-hydrogen) atoms. The number of carbonyl (C=O) groups excluding carboxylic acids is 2. The summed E-state index contributed by atoms with van der Waals surface area (Å²) in [6.45, 7) is 5.33. The minimum atomic E-state index is -0.425. The van der Waals surface area contributed by atoms with E-state index in [1.807, 2.05) is 32.0 Å². The largest absolute Gasteiger partial charge is 0.465 e. The highest BCUT2D eigenvalue weighted by Crippen LogP contribution is 2.32. The first kappa shape index (κ1) is 23.8. The molecule has 1 aromatic heterocycles. The molecule has 1 amide bonds. The van der Waals surface area contributed by atoms with Crippen molar-refractivity contribution in [2.24, 2.45) is 0 Å². The van der Waals surface area contributed by atoms with Crippen molar-refractivity contribution in [2.45, 2.75) is 13.8 Å². The Morgan fingerprint density at radius 3 is 2.27 bits per heavy atom. The van der Waals surface area contributed by atoms with Crippen molar-refractivity contribution in [3.63, 3.8) is 0 Å². The Bertz CT molecular complexity index is 1050. The zero-order chi connectivity index (χ0) is 21.1. The third-order valence-corrected chi connectivity index (χ3v) is 5.84. The van der Waals surface area contributed by atoms with Crippen molar-refractivity contribution in [3.8, 4) is 0 Å². The van der Waals surface area contributed by atoms with Gasteiger partial charge < -0.3 is 9.64 Å². The van der Waals surface area contributed by atoms with Crippen LogP contribution in [0.4, 0.5) is 5.13 Å². The number of aryl methyl sites for hydroxylation is 2. The van der Waals surface area contributed by atoms with Crippen molar-refractivity contribution in [2.75, 3.05) is 39.2 Å². The Morgan fingerprint density at radius 1 is 1.03 bits per heavy atom. The number of hydrogen-bond donors (Lipinski definition) is 0. The lowest BCUT2D eigenvalue weighted by atomic mass is 10.1. The highest BCUT2D eigenvalue weighted by molar-refractivity contribution is 7.22. The second kappa shape index (κ2) is 10.0. The summed E-state index contributed by atoms with van der Waals surface area (Å²) in [5, 5.41) is 0.678. The zero-order valence-electron chi connectivity index (χ0n) is 17.8. The first-order chi connectivity index (χ1) is 13.8.